The summed E-state index contributed by atoms with van der Waals surface area (Å²) in [6, 6.07) is 35.3. The molecule has 0 atom stereocenters. The van der Waals surface area contributed by atoms with Gasteiger partial charge in [-0.1, -0.05) is 119 Å². The maximum absolute atomic E-state index is 14.0. The maximum Gasteiger partial charge on any atom is 0.193 e. The Morgan fingerprint density at radius 2 is 0.658 bits per heavy atom. The Morgan fingerprint density at radius 3 is 0.947 bits per heavy atom. The summed E-state index contributed by atoms with van der Waals surface area (Å²) in [7, 11) is 0. The molecule has 0 radical (unpaired) electrons. The molecule has 0 N–H and O–H groups in total. The van der Waals surface area contributed by atoms with Crippen LogP contribution in [0.15, 0.2) is 109 Å². The first kappa shape index (κ1) is 25.1. The lowest BCUT2D eigenvalue weighted by Crippen LogP contribution is -2.09. The Balaban J connectivity index is 1.79. The van der Waals surface area contributed by atoms with Crippen molar-refractivity contribution < 1.29 is 9.59 Å². The summed E-state index contributed by atoms with van der Waals surface area (Å²) in [5.74, 6) is -0.133. The van der Waals surface area contributed by atoms with Crippen molar-refractivity contribution in [1.82, 2.24) is 0 Å². The number of carbonyl (C=O) groups is 2. The molecule has 0 fully saturated rings. The van der Waals surface area contributed by atoms with E-state index in [0.717, 1.165) is 44.5 Å². The van der Waals surface area contributed by atoms with Crippen LogP contribution in [0, 0.1) is 27.7 Å². The van der Waals surface area contributed by atoms with Gasteiger partial charge in [-0.2, -0.15) is 0 Å². The van der Waals surface area contributed by atoms with Gasteiger partial charge in [-0.25, -0.2) is 0 Å². The zero-order valence-corrected chi connectivity index (χ0v) is 22.2. The lowest BCUT2D eigenvalue weighted by molar-refractivity contribution is 0.102. The fourth-order valence-electron chi connectivity index (χ4n) is 4.64. The van der Waals surface area contributed by atoms with Gasteiger partial charge in [0.25, 0.3) is 0 Å². The molecule has 2 heteroatoms. The van der Waals surface area contributed by atoms with Gasteiger partial charge in [0, 0.05) is 22.3 Å². The predicted octanol–water partition coefficient (Wildman–Crippen LogP) is 8.72. The first-order valence-electron chi connectivity index (χ1n) is 12.8. The van der Waals surface area contributed by atoms with E-state index in [1.54, 1.807) is 0 Å². The van der Waals surface area contributed by atoms with Gasteiger partial charge in [0.05, 0.1) is 0 Å². The smallest absolute Gasteiger partial charge is 0.193 e. The number of aryl methyl sites for hydroxylation is 4. The van der Waals surface area contributed by atoms with Crippen LogP contribution < -0.4 is 0 Å². The van der Waals surface area contributed by atoms with Crippen LogP contribution in [0.5, 0.6) is 0 Å². The third-order valence-corrected chi connectivity index (χ3v) is 7.00. The quantitative estimate of drug-likeness (QED) is 0.221. The van der Waals surface area contributed by atoms with Gasteiger partial charge < -0.3 is 0 Å². The number of benzene rings is 5. The SMILES string of the molecule is Cc1ccc(C(=O)c2cc(-c3ccc(C)cc3)c(C(=O)c3ccc(C)cc3)cc2-c2ccc(C)cc2)cc1. The van der Waals surface area contributed by atoms with E-state index < -0.39 is 0 Å². The largest absolute Gasteiger partial charge is 0.289 e. The minimum atomic E-state index is -0.0664. The first-order chi connectivity index (χ1) is 18.3. The Hall–Kier alpha value is -4.56. The Bertz CT molecular complexity index is 1490. The highest BCUT2D eigenvalue weighted by Gasteiger charge is 2.23. The van der Waals surface area contributed by atoms with Gasteiger partial charge >= 0.3 is 0 Å². The van der Waals surface area contributed by atoms with Crippen LogP contribution >= 0.6 is 0 Å². The minimum absolute atomic E-state index is 0.0664. The average Bonchev–Trinajstić information content (AvgIpc) is 2.93. The van der Waals surface area contributed by atoms with Gasteiger partial charge in [0.15, 0.2) is 11.6 Å². The molecule has 0 saturated heterocycles. The summed E-state index contributed by atoms with van der Waals surface area (Å²) in [4.78, 5) is 27.9. The highest BCUT2D eigenvalue weighted by atomic mass is 16.1. The number of ketones is 2. The Kier molecular flexibility index (Phi) is 6.89. The minimum Gasteiger partial charge on any atom is -0.289 e. The third kappa shape index (κ3) is 5.12. The van der Waals surface area contributed by atoms with E-state index in [1.165, 1.54) is 0 Å². The van der Waals surface area contributed by atoms with Crippen molar-refractivity contribution >= 4 is 11.6 Å². The van der Waals surface area contributed by atoms with Crippen molar-refractivity contribution in [2.45, 2.75) is 27.7 Å². The number of hydrogen-bond acceptors (Lipinski definition) is 2. The summed E-state index contributed by atoms with van der Waals surface area (Å²) in [5, 5.41) is 0. The fraction of sp³-hybridized carbons (Fsp3) is 0.111. The lowest BCUT2D eigenvalue weighted by atomic mass is 9.85. The second-order valence-corrected chi connectivity index (χ2v) is 10.1. The molecule has 5 aromatic carbocycles. The molecule has 0 bridgehead atoms. The van der Waals surface area contributed by atoms with E-state index in [4.69, 9.17) is 0 Å². The van der Waals surface area contributed by atoms with Crippen molar-refractivity contribution in [3.8, 4) is 22.3 Å². The van der Waals surface area contributed by atoms with Gasteiger partial charge in [-0.05, 0) is 62.1 Å². The number of rotatable bonds is 6. The first-order valence-corrected chi connectivity index (χ1v) is 12.8. The highest BCUT2D eigenvalue weighted by Crippen LogP contribution is 2.35. The Labute approximate surface area is 224 Å². The van der Waals surface area contributed by atoms with E-state index in [2.05, 4.69) is 0 Å². The van der Waals surface area contributed by atoms with Crippen LogP contribution in [-0.2, 0) is 0 Å². The second kappa shape index (κ2) is 10.4. The zero-order chi connectivity index (χ0) is 26.8. The molecule has 0 aliphatic rings. The monoisotopic (exact) mass is 494 g/mol. The number of hydrogen-bond donors (Lipinski definition) is 0. The van der Waals surface area contributed by atoms with E-state index in [-0.39, 0.29) is 11.6 Å². The van der Waals surface area contributed by atoms with Gasteiger partial charge in [0.1, 0.15) is 0 Å². The van der Waals surface area contributed by atoms with Crippen LogP contribution in [0.2, 0.25) is 0 Å². The molecule has 0 aliphatic heterocycles. The average molecular weight is 495 g/mol. The van der Waals surface area contributed by atoms with E-state index in [9.17, 15) is 9.59 Å². The van der Waals surface area contributed by atoms with E-state index in [0.29, 0.717) is 22.3 Å². The van der Waals surface area contributed by atoms with Crippen molar-refractivity contribution in [2.24, 2.45) is 0 Å². The highest BCUT2D eigenvalue weighted by molar-refractivity contribution is 6.18. The van der Waals surface area contributed by atoms with Gasteiger partial charge in [-0.15, -0.1) is 0 Å². The van der Waals surface area contributed by atoms with Gasteiger partial charge in [0.2, 0.25) is 0 Å². The molecule has 0 aromatic heterocycles. The normalized spacial score (nSPS) is 10.8. The molecule has 0 spiro atoms. The predicted molar refractivity (Wildman–Crippen MR) is 156 cm³/mol. The van der Waals surface area contributed by atoms with Gasteiger partial charge in [-0.3, -0.25) is 9.59 Å². The molecule has 38 heavy (non-hydrogen) atoms. The molecule has 0 unspecified atom stereocenters. The van der Waals surface area contributed by atoms with Crippen molar-refractivity contribution in [2.75, 3.05) is 0 Å². The van der Waals surface area contributed by atoms with Crippen molar-refractivity contribution in [1.29, 1.82) is 0 Å². The molecule has 0 saturated carbocycles. The molecular formula is C36H30O2. The molecule has 186 valence electrons. The molecule has 5 rings (SSSR count). The van der Waals surface area contributed by atoms with E-state index >= 15 is 0 Å². The lowest BCUT2D eigenvalue weighted by Gasteiger charge is -2.17. The standard InChI is InChI=1S/C36H30O2/c1-23-5-13-27(14-6-23)31-21-34(36(38)30-19-11-26(4)12-20-30)32(28-15-7-24(2)8-16-28)22-33(31)35(37)29-17-9-25(3)10-18-29/h5-22H,1-4H3. The number of carbonyl (C=O) groups excluding carboxylic acids is 2. The summed E-state index contributed by atoms with van der Waals surface area (Å²) >= 11 is 0. The second-order valence-electron chi connectivity index (χ2n) is 10.1. The maximum atomic E-state index is 14.0. The topological polar surface area (TPSA) is 34.1 Å². The molecule has 2 nitrogen and oxygen atoms in total. The van der Waals surface area contributed by atoms with Crippen LogP contribution in [0.25, 0.3) is 22.3 Å². The Morgan fingerprint density at radius 1 is 0.395 bits per heavy atom. The van der Waals surface area contributed by atoms with Crippen molar-refractivity contribution in [3.63, 3.8) is 0 Å². The summed E-state index contributed by atoms with van der Waals surface area (Å²) in [5.41, 5.74) is 10.2. The molecule has 0 aliphatic carbocycles. The molecule has 5 aromatic rings. The molecule has 0 heterocycles. The van der Waals surface area contributed by atoms with Crippen LogP contribution in [0.1, 0.15) is 54.1 Å². The molecule has 0 amide bonds. The third-order valence-electron chi connectivity index (χ3n) is 7.00. The summed E-state index contributed by atoms with van der Waals surface area (Å²) in [6.07, 6.45) is 0. The fourth-order valence-corrected chi connectivity index (χ4v) is 4.64. The van der Waals surface area contributed by atoms with E-state index in [1.807, 2.05) is 137 Å². The van der Waals surface area contributed by atoms with Crippen LogP contribution in [-0.4, -0.2) is 11.6 Å². The zero-order valence-electron chi connectivity index (χ0n) is 22.2. The molecular weight excluding hydrogens is 464 g/mol. The summed E-state index contributed by atoms with van der Waals surface area (Å²) < 4.78 is 0. The van der Waals surface area contributed by atoms with Crippen LogP contribution in [0.4, 0.5) is 0 Å². The van der Waals surface area contributed by atoms with Crippen LogP contribution in [0.3, 0.4) is 0 Å². The van der Waals surface area contributed by atoms with Crippen molar-refractivity contribution in [3.05, 3.63) is 154 Å². The summed E-state index contributed by atoms with van der Waals surface area (Å²) in [6.45, 7) is 8.09.